The number of hydrogen-bond acceptors (Lipinski definition) is 4. The topological polar surface area (TPSA) is 56.8 Å². The highest BCUT2D eigenvalue weighted by atomic mass is 32.2. The molecule has 1 aliphatic rings. The Morgan fingerprint density at radius 1 is 1.55 bits per heavy atom. The van der Waals surface area contributed by atoms with Gasteiger partial charge in [0.05, 0.1) is 17.8 Å². The van der Waals surface area contributed by atoms with Crippen molar-refractivity contribution >= 4 is 12.0 Å². The summed E-state index contributed by atoms with van der Waals surface area (Å²) in [6, 6.07) is 3.64. The Labute approximate surface area is 68.8 Å². The van der Waals surface area contributed by atoms with Crippen LogP contribution in [0.15, 0.2) is 23.5 Å². The van der Waals surface area contributed by atoms with E-state index in [4.69, 9.17) is 14.7 Å². The first-order valence-electron chi connectivity index (χ1n) is 2.86. The molecule has 0 saturated heterocycles. The Morgan fingerprint density at radius 3 is 2.73 bits per heavy atom. The van der Waals surface area contributed by atoms with Gasteiger partial charge in [0, 0.05) is 0 Å². The molecule has 0 aromatic carbocycles. The minimum atomic E-state index is 0.164. The van der Waals surface area contributed by atoms with Crippen LogP contribution in [-0.2, 0) is 4.18 Å². The summed E-state index contributed by atoms with van der Waals surface area (Å²) in [6.45, 7) is 0. The molecule has 4 heteroatoms. The van der Waals surface area contributed by atoms with Crippen LogP contribution in [0.5, 0.6) is 0 Å². The van der Waals surface area contributed by atoms with Crippen LogP contribution in [0.3, 0.4) is 0 Å². The molecule has 1 aliphatic heterocycles. The van der Waals surface area contributed by atoms with E-state index in [1.54, 1.807) is 6.08 Å². The fourth-order valence-electron chi connectivity index (χ4n) is 0.619. The highest BCUT2D eigenvalue weighted by Crippen LogP contribution is 2.19. The van der Waals surface area contributed by atoms with Gasteiger partial charge in [-0.05, 0) is 11.6 Å². The largest absolute Gasteiger partial charge is 0.433 e. The van der Waals surface area contributed by atoms with Gasteiger partial charge in [-0.1, -0.05) is 0 Å². The third-order valence-electron chi connectivity index (χ3n) is 1.15. The Kier molecular flexibility index (Phi) is 2.59. The van der Waals surface area contributed by atoms with Gasteiger partial charge in [-0.25, -0.2) is 0 Å². The van der Waals surface area contributed by atoms with Crippen LogP contribution < -0.4 is 0 Å². The molecule has 0 fully saturated rings. The zero-order valence-corrected chi connectivity index (χ0v) is 6.39. The van der Waals surface area contributed by atoms with Crippen LogP contribution in [-0.4, -0.2) is 5.75 Å². The maximum atomic E-state index is 8.46. The summed E-state index contributed by atoms with van der Waals surface area (Å²) < 4.78 is 4.82. The second kappa shape index (κ2) is 3.70. The van der Waals surface area contributed by atoms with E-state index in [0.29, 0.717) is 5.75 Å². The first-order valence-corrected chi connectivity index (χ1v) is 3.77. The maximum absolute atomic E-state index is 8.46. The molecule has 1 heterocycles. The number of hydrogen-bond donors (Lipinski definition) is 0. The molecule has 0 aromatic heterocycles. The summed E-state index contributed by atoms with van der Waals surface area (Å²) in [4.78, 5) is 0. The summed E-state index contributed by atoms with van der Waals surface area (Å²) in [5, 5.41) is 16.9. The third-order valence-corrected chi connectivity index (χ3v) is 1.83. The molecule has 0 atom stereocenters. The predicted octanol–water partition coefficient (Wildman–Crippen LogP) is 1.52. The van der Waals surface area contributed by atoms with Gasteiger partial charge in [0.25, 0.3) is 0 Å². The van der Waals surface area contributed by atoms with E-state index in [0.717, 1.165) is 5.57 Å². The Balaban J connectivity index is 2.96. The zero-order chi connectivity index (χ0) is 8.10. The smallest absolute Gasteiger partial charge is 0.133 e. The minimum Gasteiger partial charge on any atom is -0.433 e. The van der Waals surface area contributed by atoms with Gasteiger partial charge in [0.1, 0.15) is 24.0 Å². The van der Waals surface area contributed by atoms with Gasteiger partial charge >= 0.3 is 0 Å². The quantitative estimate of drug-likeness (QED) is 0.402. The normalized spacial score (nSPS) is 14.5. The number of allylic oxidation sites excluding steroid dienone is 2. The van der Waals surface area contributed by atoms with Crippen molar-refractivity contribution < 1.29 is 4.18 Å². The fourth-order valence-corrected chi connectivity index (χ4v) is 1.19. The van der Waals surface area contributed by atoms with Gasteiger partial charge in [-0.15, -0.1) is 0 Å². The van der Waals surface area contributed by atoms with Gasteiger partial charge in [-0.2, -0.15) is 10.5 Å². The molecule has 3 nitrogen and oxygen atoms in total. The van der Waals surface area contributed by atoms with Crippen LogP contribution in [0.2, 0.25) is 0 Å². The molecule has 0 aromatic rings. The second-order valence-electron chi connectivity index (χ2n) is 1.79. The standard InChI is InChI=1S/C7H4N2OS/c8-3-7(4-9)6-1-2-10-11-5-6/h1-2H,5H2. The predicted molar refractivity (Wildman–Crippen MR) is 40.9 cm³/mol. The molecule has 0 amide bonds. The van der Waals surface area contributed by atoms with E-state index in [1.165, 1.54) is 18.3 Å². The molecule has 0 aliphatic carbocycles. The monoisotopic (exact) mass is 164 g/mol. The van der Waals surface area contributed by atoms with Crippen molar-refractivity contribution in [3.63, 3.8) is 0 Å². The average Bonchev–Trinajstić information content (AvgIpc) is 2.09. The molecular formula is C7H4N2OS. The van der Waals surface area contributed by atoms with E-state index in [1.807, 2.05) is 12.1 Å². The lowest BCUT2D eigenvalue weighted by atomic mass is 10.1. The summed E-state index contributed by atoms with van der Waals surface area (Å²) in [5.41, 5.74) is 0.892. The first kappa shape index (κ1) is 7.71. The maximum Gasteiger partial charge on any atom is 0.133 e. The summed E-state index contributed by atoms with van der Waals surface area (Å²) >= 11 is 1.22. The molecule has 0 N–H and O–H groups in total. The van der Waals surface area contributed by atoms with Crippen LogP contribution in [0.4, 0.5) is 0 Å². The van der Waals surface area contributed by atoms with Gasteiger partial charge in [0.15, 0.2) is 0 Å². The third kappa shape index (κ3) is 1.76. The van der Waals surface area contributed by atoms with Crippen LogP contribution in [0, 0.1) is 22.7 Å². The summed E-state index contributed by atoms with van der Waals surface area (Å²) in [6.07, 6.45) is 3.11. The van der Waals surface area contributed by atoms with Gasteiger partial charge < -0.3 is 4.18 Å². The molecular weight excluding hydrogens is 160 g/mol. The first-order chi connectivity index (χ1) is 5.38. The number of nitriles is 2. The van der Waals surface area contributed by atoms with Gasteiger partial charge in [-0.3, -0.25) is 0 Å². The summed E-state index contributed by atoms with van der Waals surface area (Å²) in [5.74, 6) is 0.562. The molecule has 0 unspecified atom stereocenters. The second-order valence-corrected chi connectivity index (χ2v) is 2.50. The molecule has 1 rings (SSSR count). The lowest BCUT2D eigenvalue weighted by Gasteiger charge is -2.05. The Bertz CT molecular complexity index is 277. The minimum absolute atomic E-state index is 0.164. The van der Waals surface area contributed by atoms with E-state index in [2.05, 4.69) is 0 Å². The Morgan fingerprint density at radius 2 is 2.27 bits per heavy atom. The van der Waals surface area contributed by atoms with Crippen molar-refractivity contribution in [2.24, 2.45) is 0 Å². The van der Waals surface area contributed by atoms with Crippen molar-refractivity contribution in [3.8, 4) is 12.1 Å². The molecule has 0 radical (unpaired) electrons. The van der Waals surface area contributed by atoms with Crippen LogP contribution >= 0.6 is 12.0 Å². The van der Waals surface area contributed by atoms with E-state index in [9.17, 15) is 0 Å². The highest BCUT2D eigenvalue weighted by molar-refractivity contribution is 7.94. The van der Waals surface area contributed by atoms with Crippen molar-refractivity contribution in [2.45, 2.75) is 0 Å². The molecule has 0 spiro atoms. The fraction of sp³-hybridized carbons (Fsp3) is 0.143. The Hall–Kier alpha value is -1.39. The van der Waals surface area contributed by atoms with Gasteiger partial charge in [0.2, 0.25) is 0 Å². The highest BCUT2D eigenvalue weighted by Gasteiger charge is 2.06. The van der Waals surface area contributed by atoms with Crippen molar-refractivity contribution in [2.75, 3.05) is 5.75 Å². The molecule has 11 heavy (non-hydrogen) atoms. The number of rotatable bonds is 0. The van der Waals surface area contributed by atoms with E-state index in [-0.39, 0.29) is 5.57 Å². The number of nitrogens with zero attached hydrogens (tertiary/aromatic N) is 2. The van der Waals surface area contributed by atoms with Crippen molar-refractivity contribution in [3.05, 3.63) is 23.5 Å². The van der Waals surface area contributed by atoms with Crippen molar-refractivity contribution in [1.29, 1.82) is 10.5 Å². The van der Waals surface area contributed by atoms with Crippen molar-refractivity contribution in [1.82, 2.24) is 0 Å². The van der Waals surface area contributed by atoms with E-state index < -0.39 is 0 Å². The van der Waals surface area contributed by atoms with Crippen LogP contribution in [0.25, 0.3) is 0 Å². The zero-order valence-electron chi connectivity index (χ0n) is 5.57. The summed E-state index contributed by atoms with van der Waals surface area (Å²) in [7, 11) is 0. The SMILES string of the molecule is N#CC(C#N)=C1C=COSC1. The lowest BCUT2D eigenvalue weighted by Crippen LogP contribution is -1.93. The van der Waals surface area contributed by atoms with Crippen LogP contribution in [0.1, 0.15) is 0 Å². The van der Waals surface area contributed by atoms with E-state index >= 15 is 0 Å². The lowest BCUT2D eigenvalue weighted by molar-refractivity contribution is 0.561. The average molecular weight is 164 g/mol. The molecule has 54 valence electrons. The molecule has 0 bridgehead atoms. The molecule has 0 saturated carbocycles.